The summed E-state index contributed by atoms with van der Waals surface area (Å²) in [6, 6.07) is 27.2. The number of likely N-dealkylation sites (tertiary alicyclic amines) is 1. The fourth-order valence-electron chi connectivity index (χ4n) is 11.3. The quantitative estimate of drug-likeness (QED) is 0.0160. The molecule has 0 spiro atoms. The lowest BCUT2D eigenvalue weighted by Crippen LogP contribution is -2.52. The molecule has 1 unspecified atom stereocenters. The third kappa shape index (κ3) is 21.1. The van der Waals surface area contributed by atoms with E-state index in [4.69, 9.17) is 55.6 Å². The highest BCUT2D eigenvalue weighted by atomic mass is 35.5. The molecular formula is C68H86ClN11O12. The number of aromatic nitrogens is 4. The van der Waals surface area contributed by atoms with Gasteiger partial charge in [0.05, 0.1) is 84.1 Å². The van der Waals surface area contributed by atoms with E-state index in [1.165, 1.54) is 11.2 Å². The van der Waals surface area contributed by atoms with E-state index in [1.54, 1.807) is 24.3 Å². The Balaban J connectivity index is 0.513. The van der Waals surface area contributed by atoms with E-state index in [0.29, 0.717) is 156 Å². The average molecular weight is 1280 g/mol. The molecular weight excluding hydrogens is 1200 g/mol. The molecule has 492 valence electrons. The van der Waals surface area contributed by atoms with Crippen molar-refractivity contribution in [1.29, 1.82) is 0 Å². The van der Waals surface area contributed by atoms with Gasteiger partial charge in [-0.05, 0) is 123 Å². The van der Waals surface area contributed by atoms with Gasteiger partial charge in [-0.1, -0.05) is 73.7 Å². The maximum Gasteiger partial charge on any atom is 0.319 e. The SMILES string of the molecule is CN(C/C=C/C(=O)N1CCC[C@@H](n2nc(-c3ccc(Oc4ccccc4)cc3)c3c(N)ncnc32)C1)CCOCCOCCOCCOCCOCCOCCCCCCCCc1cc(Cl)cc(NC(=O)NCc2ccc3c(c2)CN(C2CCC(=O)NC2=O)C3=O)c1. The molecule has 2 aromatic heterocycles. The Morgan fingerprint density at radius 1 is 0.750 bits per heavy atom. The first-order valence-electron chi connectivity index (χ1n) is 32.0. The number of nitrogens with two attached hydrogens (primary N) is 1. The van der Waals surface area contributed by atoms with Gasteiger partial charge >= 0.3 is 6.03 Å². The first-order chi connectivity index (χ1) is 44.9. The number of unbranched alkanes of at least 4 members (excludes halogenated alkanes) is 5. The molecule has 5 heterocycles. The molecule has 2 atom stereocenters. The van der Waals surface area contributed by atoms with Crippen molar-refractivity contribution in [3.8, 4) is 22.8 Å². The normalized spacial score (nSPS) is 15.8. The number of aryl methyl sites for hydroxylation is 1. The summed E-state index contributed by atoms with van der Waals surface area (Å²) in [5.41, 5.74) is 12.4. The maximum absolute atomic E-state index is 13.4. The Hall–Kier alpha value is -7.87. The number of para-hydroxylation sites is 1. The van der Waals surface area contributed by atoms with Crippen LogP contribution in [-0.4, -0.2) is 183 Å². The molecule has 6 amide bonds. The van der Waals surface area contributed by atoms with Crippen LogP contribution in [-0.2, 0) is 62.3 Å². The summed E-state index contributed by atoms with van der Waals surface area (Å²) in [7, 11) is 1.99. The second-order valence-electron chi connectivity index (χ2n) is 23.0. The lowest BCUT2D eigenvalue weighted by Gasteiger charge is -2.32. The smallest absolute Gasteiger partial charge is 0.319 e. The van der Waals surface area contributed by atoms with E-state index in [1.807, 2.05) is 95.5 Å². The highest BCUT2D eigenvalue weighted by Crippen LogP contribution is 2.35. The number of fused-ring (bicyclic) bond motifs is 2. The first-order valence-corrected chi connectivity index (χ1v) is 32.4. The number of rotatable bonds is 38. The van der Waals surface area contributed by atoms with E-state index in [-0.39, 0.29) is 49.3 Å². The van der Waals surface area contributed by atoms with Crippen LogP contribution in [0.15, 0.2) is 109 Å². The number of nitrogen functional groups attached to an aromatic ring is 1. The number of hydrogen-bond acceptors (Lipinski definition) is 17. The van der Waals surface area contributed by atoms with Crippen molar-refractivity contribution in [2.75, 3.05) is 124 Å². The van der Waals surface area contributed by atoms with Gasteiger partial charge in [0.15, 0.2) is 5.65 Å². The molecule has 3 aliphatic heterocycles. The topological polar surface area (TPSA) is 265 Å². The first kappa shape index (κ1) is 68.5. The number of benzene rings is 4. The number of carbonyl (C=O) groups excluding carboxylic acids is 5. The van der Waals surface area contributed by atoms with Crippen molar-refractivity contribution < 1.29 is 57.1 Å². The molecule has 2 saturated heterocycles. The molecule has 6 aromatic rings. The third-order valence-corrected chi connectivity index (χ3v) is 16.3. The number of anilines is 2. The molecule has 92 heavy (non-hydrogen) atoms. The zero-order chi connectivity index (χ0) is 64.3. The van der Waals surface area contributed by atoms with E-state index < -0.39 is 11.9 Å². The van der Waals surface area contributed by atoms with Crippen LogP contribution in [0.5, 0.6) is 11.5 Å². The summed E-state index contributed by atoms with van der Waals surface area (Å²) in [5, 5.41) is 14.3. The Labute approximate surface area is 542 Å². The fourth-order valence-corrected chi connectivity index (χ4v) is 11.5. The Kier molecular flexibility index (Phi) is 27.1. The van der Waals surface area contributed by atoms with E-state index >= 15 is 0 Å². The summed E-state index contributed by atoms with van der Waals surface area (Å²) in [6.45, 7) is 9.12. The molecule has 24 heteroatoms. The predicted octanol–water partition coefficient (Wildman–Crippen LogP) is 8.94. The largest absolute Gasteiger partial charge is 0.457 e. The van der Waals surface area contributed by atoms with Gasteiger partial charge in [0.2, 0.25) is 17.7 Å². The number of ether oxygens (including phenoxy) is 7. The zero-order valence-electron chi connectivity index (χ0n) is 52.5. The lowest BCUT2D eigenvalue weighted by molar-refractivity contribution is -0.137. The third-order valence-electron chi connectivity index (χ3n) is 16.1. The highest BCUT2D eigenvalue weighted by Gasteiger charge is 2.39. The second-order valence-corrected chi connectivity index (χ2v) is 23.5. The van der Waals surface area contributed by atoms with Gasteiger partial charge in [-0.25, -0.2) is 19.4 Å². The van der Waals surface area contributed by atoms with Crippen molar-refractivity contribution in [3.63, 3.8) is 0 Å². The van der Waals surface area contributed by atoms with Crippen molar-refractivity contribution in [1.82, 2.24) is 45.1 Å². The van der Waals surface area contributed by atoms with Gasteiger partial charge in [-0.2, -0.15) is 5.10 Å². The van der Waals surface area contributed by atoms with Crippen molar-refractivity contribution in [2.24, 2.45) is 0 Å². The number of halogens is 1. The van der Waals surface area contributed by atoms with E-state index in [9.17, 15) is 24.0 Å². The molecule has 0 aliphatic carbocycles. The standard InChI is InChI=1S/C68H86ClN11O12/c1-77(26-12-17-61(82)78-27-11-14-55(47-78)80-65-62(64(70)72-48-73-65)63(76-80)51-19-21-57(22-20-51)92-56-15-8-6-9-16-56)28-30-87-32-34-89-36-38-91-40-39-90-37-35-88-33-31-86-29-10-5-3-2-4-7-13-49-42-53(69)44-54(43-49)74-68(85)71-45-50-18-23-58-52(41-50)46-79(67(58)84)59-24-25-60(81)75-66(59)83/h6,8-9,12,15-23,41-44,48,55,59H,2-5,7,10-11,13-14,24-40,45-47H2,1H3,(H2,70,72,73)(H2,71,74,85)(H,75,81,83)/b17-12+/t55-,59?/m1/s1. The van der Waals surface area contributed by atoms with Crippen molar-refractivity contribution in [3.05, 3.63) is 137 Å². The summed E-state index contributed by atoms with van der Waals surface area (Å²) in [5.74, 6) is 0.761. The second kappa shape index (κ2) is 36.4. The minimum atomic E-state index is -0.679. The molecule has 23 nitrogen and oxygen atoms in total. The number of hydrogen-bond donors (Lipinski definition) is 4. The number of likely N-dealkylation sites (N-methyl/N-ethyl adjacent to an activating group) is 1. The summed E-state index contributed by atoms with van der Waals surface area (Å²) < 4.78 is 41.9. The molecule has 0 saturated carbocycles. The summed E-state index contributed by atoms with van der Waals surface area (Å²) in [6.07, 6.45) is 14.5. The fraction of sp³-hybridized carbons (Fsp3) is 0.471. The van der Waals surface area contributed by atoms with Crippen LogP contribution < -0.4 is 26.4 Å². The van der Waals surface area contributed by atoms with Crippen LogP contribution in [0.25, 0.3) is 22.3 Å². The number of amides is 6. The minimum Gasteiger partial charge on any atom is -0.457 e. The van der Waals surface area contributed by atoms with Gasteiger partial charge in [0.1, 0.15) is 35.4 Å². The molecule has 9 rings (SSSR count). The molecule has 4 aromatic carbocycles. The van der Waals surface area contributed by atoms with E-state index in [0.717, 1.165) is 85.8 Å². The molecule has 5 N–H and O–H groups in total. The number of nitrogens with zero attached hydrogens (tertiary/aromatic N) is 7. The molecule has 3 aliphatic rings. The number of urea groups is 1. The van der Waals surface area contributed by atoms with Crippen LogP contribution in [0.2, 0.25) is 5.02 Å². The van der Waals surface area contributed by atoms with Gasteiger partial charge < -0.3 is 64.2 Å². The number of piperidine rings is 2. The van der Waals surface area contributed by atoms with Crippen molar-refractivity contribution >= 4 is 63.8 Å². The molecule has 0 radical (unpaired) electrons. The van der Waals surface area contributed by atoms with E-state index in [2.05, 4.69) is 30.8 Å². The highest BCUT2D eigenvalue weighted by molar-refractivity contribution is 6.31. The predicted molar refractivity (Wildman–Crippen MR) is 349 cm³/mol. The average Bonchev–Trinajstić information content (AvgIpc) is 1.74. The lowest BCUT2D eigenvalue weighted by atomic mass is 10.0. The summed E-state index contributed by atoms with van der Waals surface area (Å²) in [4.78, 5) is 77.6. The van der Waals surface area contributed by atoms with Gasteiger partial charge in [-0.3, -0.25) is 24.5 Å². The maximum atomic E-state index is 13.4. The number of imide groups is 1. The Morgan fingerprint density at radius 3 is 2.14 bits per heavy atom. The van der Waals surface area contributed by atoms with Gasteiger partial charge in [0, 0.05) is 80.2 Å². The van der Waals surface area contributed by atoms with Crippen LogP contribution in [0.3, 0.4) is 0 Å². The van der Waals surface area contributed by atoms with Crippen molar-refractivity contribution in [2.45, 2.75) is 95.8 Å². The minimum absolute atomic E-state index is 0.0360. The summed E-state index contributed by atoms with van der Waals surface area (Å²) >= 11 is 6.43. The van der Waals surface area contributed by atoms with Gasteiger partial charge in [0.25, 0.3) is 5.91 Å². The van der Waals surface area contributed by atoms with Crippen LogP contribution >= 0.6 is 11.6 Å². The van der Waals surface area contributed by atoms with Crippen LogP contribution in [0.4, 0.5) is 16.3 Å². The Morgan fingerprint density at radius 2 is 1.42 bits per heavy atom. The number of nitrogens with one attached hydrogen (secondary N) is 3. The molecule has 2 fully saturated rings. The van der Waals surface area contributed by atoms with Crippen LogP contribution in [0.1, 0.15) is 97.3 Å². The van der Waals surface area contributed by atoms with Crippen LogP contribution in [0, 0.1) is 0 Å². The number of carbonyl (C=O) groups is 5. The molecule has 0 bridgehead atoms. The monoisotopic (exact) mass is 1280 g/mol. The zero-order valence-corrected chi connectivity index (χ0v) is 53.3. The van der Waals surface area contributed by atoms with Gasteiger partial charge in [-0.15, -0.1) is 0 Å². The Bertz CT molecular complexity index is 3390.